The minimum atomic E-state index is -0.939. The van der Waals surface area contributed by atoms with Gasteiger partial charge in [-0.3, -0.25) is 0 Å². The fraction of sp³-hybridized carbons (Fsp3) is 0.533. The van der Waals surface area contributed by atoms with Crippen molar-refractivity contribution in [1.29, 1.82) is 0 Å². The van der Waals surface area contributed by atoms with Crippen molar-refractivity contribution in [1.82, 2.24) is 5.32 Å². The zero-order valence-corrected chi connectivity index (χ0v) is 13.7. The third-order valence-corrected chi connectivity index (χ3v) is 3.58. The summed E-state index contributed by atoms with van der Waals surface area (Å²) in [6, 6.07) is 4.94. The smallest absolute Gasteiger partial charge is 0.335 e. The van der Waals surface area contributed by atoms with Gasteiger partial charge in [-0.25, -0.2) is 4.79 Å². The lowest BCUT2D eigenvalue weighted by Crippen LogP contribution is -2.29. The van der Waals surface area contributed by atoms with Crippen LogP contribution in [0.25, 0.3) is 0 Å². The highest BCUT2D eigenvalue weighted by molar-refractivity contribution is 9.10. The largest absolute Gasteiger partial charge is 0.478 e. The van der Waals surface area contributed by atoms with Crippen LogP contribution in [0.3, 0.4) is 0 Å². The first-order chi connectivity index (χ1) is 9.19. The van der Waals surface area contributed by atoms with Gasteiger partial charge in [-0.1, -0.05) is 42.8 Å². The number of carboxylic acid groups (broad SMARTS) is 1. The van der Waals surface area contributed by atoms with E-state index in [1.54, 1.807) is 18.2 Å². The van der Waals surface area contributed by atoms with Crippen molar-refractivity contribution >= 4 is 21.9 Å². The summed E-state index contributed by atoms with van der Waals surface area (Å²) >= 11 is 3.37. The SMILES string of the molecule is CC(C)(C)CC(O)CNCc1ccc(C(=O)O)cc1Br. The van der Waals surface area contributed by atoms with E-state index in [2.05, 4.69) is 42.0 Å². The van der Waals surface area contributed by atoms with Gasteiger partial charge in [-0.15, -0.1) is 0 Å². The average Bonchev–Trinajstić information content (AvgIpc) is 2.28. The Morgan fingerprint density at radius 3 is 2.55 bits per heavy atom. The molecule has 0 aliphatic carbocycles. The molecule has 0 aliphatic heterocycles. The molecular weight excluding hydrogens is 322 g/mol. The third kappa shape index (κ3) is 6.03. The van der Waals surface area contributed by atoms with Crippen molar-refractivity contribution in [2.24, 2.45) is 5.41 Å². The molecule has 0 bridgehead atoms. The van der Waals surface area contributed by atoms with Crippen LogP contribution in [0.1, 0.15) is 43.1 Å². The Morgan fingerprint density at radius 2 is 2.05 bits per heavy atom. The zero-order chi connectivity index (χ0) is 15.3. The first-order valence-electron chi connectivity index (χ1n) is 6.59. The van der Waals surface area contributed by atoms with Gasteiger partial charge < -0.3 is 15.5 Å². The molecule has 0 aromatic heterocycles. The minimum absolute atomic E-state index is 0.102. The first-order valence-corrected chi connectivity index (χ1v) is 7.39. The average molecular weight is 344 g/mol. The number of halogens is 1. The van der Waals surface area contributed by atoms with Gasteiger partial charge in [0.2, 0.25) is 0 Å². The molecule has 0 spiro atoms. The molecule has 5 heteroatoms. The number of carbonyl (C=O) groups is 1. The lowest BCUT2D eigenvalue weighted by Gasteiger charge is -2.22. The standard InChI is InChI=1S/C15H22BrNO3/c1-15(2,3)7-12(18)9-17-8-11-5-4-10(14(19)20)6-13(11)16/h4-6,12,17-18H,7-9H2,1-3H3,(H,19,20). The second kappa shape index (κ2) is 7.20. The summed E-state index contributed by atoms with van der Waals surface area (Å²) in [6.07, 6.45) is 0.353. The van der Waals surface area contributed by atoms with E-state index in [0.717, 1.165) is 16.5 Å². The van der Waals surface area contributed by atoms with Crippen LogP contribution >= 0.6 is 15.9 Å². The fourth-order valence-electron chi connectivity index (χ4n) is 1.98. The summed E-state index contributed by atoms with van der Waals surface area (Å²) < 4.78 is 0.759. The molecule has 3 N–H and O–H groups in total. The van der Waals surface area contributed by atoms with E-state index in [4.69, 9.17) is 5.11 Å². The van der Waals surface area contributed by atoms with Crippen LogP contribution in [-0.2, 0) is 6.54 Å². The lowest BCUT2D eigenvalue weighted by atomic mass is 9.89. The molecule has 0 fully saturated rings. The van der Waals surface area contributed by atoms with Gasteiger partial charge in [0.15, 0.2) is 0 Å². The van der Waals surface area contributed by atoms with Gasteiger partial charge in [-0.05, 0) is 29.5 Å². The van der Waals surface area contributed by atoms with Gasteiger partial charge >= 0.3 is 5.97 Å². The molecule has 0 saturated carbocycles. The van der Waals surface area contributed by atoms with Crippen LogP contribution in [0.15, 0.2) is 22.7 Å². The summed E-state index contributed by atoms with van der Waals surface area (Å²) in [5.74, 6) is -0.939. The molecule has 0 saturated heterocycles. The molecule has 0 heterocycles. The van der Waals surface area contributed by atoms with Gasteiger partial charge in [0.1, 0.15) is 0 Å². The zero-order valence-electron chi connectivity index (χ0n) is 12.1. The van der Waals surface area contributed by atoms with E-state index >= 15 is 0 Å². The summed E-state index contributed by atoms with van der Waals surface area (Å²) in [7, 11) is 0. The van der Waals surface area contributed by atoms with Crippen LogP contribution in [0.5, 0.6) is 0 Å². The third-order valence-electron chi connectivity index (χ3n) is 2.84. The highest BCUT2D eigenvalue weighted by Gasteiger charge is 2.16. The molecule has 0 radical (unpaired) electrons. The second-order valence-electron chi connectivity index (χ2n) is 6.16. The van der Waals surface area contributed by atoms with Crippen molar-refractivity contribution in [3.05, 3.63) is 33.8 Å². The number of carboxylic acids is 1. The maximum atomic E-state index is 10.8. The quantitative estimate of drug-likeness (QED) is 0.742. The van der Waals surface area contributed by atoms with Crippen LogP contribution < -0.4 is 5.32 Å². The number of rotatable bonds is 6. The highest BCUT2D eigenvalue weighted by Crippen LogP contribution is 2.21. The van der Waals surface area contributed by atoms with E-state index in [0.29, 0.717) is 13.1 Å². The number of aromatic carboxylic acids is 1. The Kier molecular flexibility index (Phi) is 6.17. The molecule has 20 heavy (non-hydrogen) atoms. The number of hydrogen-bond acceptors (Lipinski definition) is 3. The Hall–Kier alpha value is -0.910. The van der Waals surface area contributed by atoms with Crippen LogP contribution in [0, 0.1) is 5.41 Å². The number of hydrogen-bond donors (Lipinski definition) is 3. The van der Waals surface area contributed by atoms with Gasteiger partial charge in [-0.2, -0.15) is 0 Å². The normalized spacial score (nSPS) is 13.2. The summed E-state index contributed by atoms with van der Waals surface area (Å²) in [6.45, 7) is 7.39. The monoisotopic (exact) mass is 343 g/mol. The van der Waals surface area contributed by atoms with E-state index < -0.39 is 5.97 Å². The summed E-state index contributed by atoms with van der Waals surface area (Å²) in [5, 5.41) is 22.0. The molecule has 1 rings (SSSR count). The van der Waals surface area contributed by atoms with Gasteiger partial charge in [0.05, 0.1) is 11.7 Å². The molecule has 1 aromatic carbocycles. The van der Waals surface area contributed by atoms with Gasteiger partial charge in [0, 0.05) is 17.6 Å². The van der Waals surface area contributed by atoms with Crippen LogP contribution in [0.4, 0.5) is 0 Å². The molecule has 112 valence electrons. The first kappa shape index (κ1) is 17.1. The molecule has 0 aliphatic rings. The Morgan fingerprint density at radius 1 is 1.40 bits per heavy atom. The molecular formula is C15H22BrNO3. The predicted octanol–water partition coefficient (Wildman–Crippen LogP) is 3.03. The van der Waals surface area contributed by atoms with Crippen molar-refractivity contribution in [3.8, 4) is 0 Å². The maximum absolute atomic E-state index is 10.8. The van der Waals surface area contributed by atoms with Crippen molar-refractivity contribution < 1.29 is 15.0 Å². The van der Waals surface area contributed by atoms with Crippen molar-refractivity contribution in [3.63, 3.8) is 0 Å². The molecule has 1 unspecified atom stereocenters. The fourth-order valence-corrected chi connectivity index (χ4v) is 2.50. The molecule has 0 amide bonds. The van der Waals surface area contributed by atoms with E-state index in [-0.39, 0.29) is 17.1 Å². The molecule has 1 atom stereocenters. The van der Waals surface area contributed by atoms with E-state index in [1.165, 1.54) is 0 Å². The predicted molar refractivity (Wildman–Crippen MR) is 82.9 cm³/mol. The van der Waals surface area contributed by atoms with Crippen LogP contribution in [0.2, 0.25) is 0 Å². The Balaban J connectivity index is 2.48. The van der Waals surface area contributed by atoms with E-state index in [1.807, 2.05) is 0 Å². The van der Waals surface area contributed by atoms with Crippen molar-refractivity contribution in [2.45, 2.75) is 39.8 Å². The lowest BCUT2D eigenvalue weighted by molar-refractivity contribution is 0.0696. The van der Waals surface area contributed by atoms with Crippen molar-refractivity contribution in [2.75, 3.05) is 6.54 Å². The minimum Gasteiger partial charge on any atom is -0.478 e. The molecule has 4 nitrogen and oxygen atoms in total. The number of nitrogens with one attached hydrogen (secondary N) is 1. The Bertz CT molecular complexity index is 469. The summed E-state index contributed by atoms with van der Waals surface area (Å²) in [5.41, 5.74) is 1.33. The molecule has 1 aromatic rings. The topological polar surface area (TPSA) is 69.6 Å². The number of benzene rings is 1. The van der Waals surface area contributed by atoms with Gasteiger partial charge in [0.25, 0.3) is 0 Å². The number of aliphatic hydroxyl groups is 1. The second-order valence-corrected chi connectivity index (χ2v) is 7.02. The Labute approximate surface area is 128 Å². The number of aliphatic hydroxyl groups excluding tert-OH is 1. The summed E-state index contributed by atoms with van der Waals surface area (Å²) in [4.78, 5) is 10.8. The van der Waals surface area contributed by atoms with E-state index in [9.17, 15) is 9.90 Å². The maximum Gasteiger partial charge on any atom is 0.335 e. The highest BCUT2D eigenvalue weighted by atomic mass is 79.9. The van der Waals surface area contributed by atoms with Crippen LogP contribution in [-0.4, -0.2) is 28.8 Å².